The first kappa shape index (κ1) is 23.9. The SMILES string of the molecule is C=C(C)COO[CH2-].C=C(C)c1ccc(OC(=O)c2cc[c-]cc2)cc1.[Os+2]. The van der Waals surface area contributed by atoms with Crippen molar-refractivity contribution in [1.82, 2.24) is 0 Å². The number of hydrogen-bond acceptors (Lipinski definition) is 4. The second-order valence-corrected chi connectivity index (χ2v) is 5.32. The van der Waals surface area contributed by atoms with Crippen LogP contribution in [0.2, 0.25) is 0 Å². The molecule has 0 saturated carbocycles. The van der Waals surface area contributed by atoms with Crippen molar-refractivity contribution in [2.24, 2.45) is 0 Å². The van der Waals surface area contributed by atoms with Gasteiger partial charge in [-0.3, -0.25) is 4.89 Å². The van der Waals surface area contributed by atoms with Gasteiger partial charge in [0, 0.05) is 0 Å². The molecule has 4 nitrogen and oxygen atoms in total. The molecule has 0 unspecified atom stereocenters. The Morgan fingerprint density at radius 1 is 1.04 bits per heavy atom. The smallest absolute Gasteiger partial charge is 0.424 e. The Morgan fingerprint density at radius 2 is 1.62 bits per heavy atom. The van der Waals surface area contributed by atoms with Gasteiger partial charge in [0.05, 0.1) is 6.61 Å². The van der Waals surface area contributed by atoms with Crippen molar-refractivity contribution in [3.8, 4) is 5.75 Å². The van der Waals surface area contributed by atoms with E-state index in [9.17, 15) is 4.79 Å². The zero-order chi connectivity index (χ0) is 18.7. The van der Waals surface area contributed by atoms with Crippen LogP contribution in [-0.2, 0) is 29.6 Å². The second kappa shape index (κ2) is 13.2. The predicted molar refractivity (Wildman–Crippen MR) is 98.6 cm³/mol. The van der Waals surface area contributed by atoms with Crippen LogP contribution in [0.3, 0.4) is 0 Å². The number of benzene rings is 2. The fraction of sp³-hybridized carbons (Fsp3) is 0.143. The fourth-order valence-corrected chi connectivity index (χ4v) is 1.64. The zero-order valence-electron chi connectivity index (χ0n) is 14.9. The third-order valence-electron chi connectivity index (χ3n) is 2.90. The summed E-state index contributed by atoms with van der Waals surface area (Å²) in [6.45, 7) is 11.6. The molecule has 0 aromatic heterocycles. The molecule has 2 aromatic carbocycles. The van der Waals surface area contributed by atoms with E-state index in [1.807, 2.05) is 26.0 Å². The van der Waals surface area contributed by atoms with E-state index >= 15 is 0 Å². The molecule has 0 amide bonds. The Kier molecular flexibility index (Phi) is 12.1. The standard InChI is InChI=1S/C16H13O2.C5H9O2.Os/c1-12(2)13-8-10-15(11-9-13)18-16(17)14-6-4-3-5-7-14;1-5(2)4-7-6-3;/h4-11H,1H2,2H3;1,3-4H2,2H3;/q2*-1;+2. The molecule has 0 atom stereocenters. The normalized spacial score (nSPS) is 9.19. The molecule has 0 bridgehead atoms. The van der Waals surface area contributed by atoms with Crippen LogP contribution in [0.15, 0.2) is 67.3 Å². The Bertz CT molecular complexity index is 694. The number of esters is 1. The van der Waals surface area contributed by atoms with E-state index in [-0.39, 0.29) is 25.8 Å². The molecule has 138 valence electrons. The average molecular weight is 529 g/mol. The molecule has 26 heavy (non-hydrogen) atoms. The summed E-state index contributed by atoms with van der Waals surface area (Å²) >= 11 is 0. The van der Waals surface area contributed by atoms with Gasteiger partial charge in [-0.25, -0.2) is 4.79 Å². The van der Waals surface area contributed by atoms with Gasteiger partial charge in [0.1, 0.15) is 5.75 Å². The van der Waals surface area contributed by atoms with E-state index in [0.717, 1.165) is 16.7 Å². The molecule has 0 fully saturated rings. The molecule has 2 aromatic rings. The fourth-order valence-electron chi connectivity index (χ4n) is 1.64. The minimum atomic E-state index is -0.368. The van der Waals surface area contributed by atoms with Crippen LogP contribution in [-0.4, -0.2) is 12.6 Å². The largest absolute Gasteiger partial charge is 2.00 e. The summed E-state index contributed by atoms with van der Waals surface area (Å²) < 4.78 is 5.25. The van der Waals surface area contributed by atoms with Crippen molar-refractivity contribution in [2.75, 3.05) is 6.61 Å². The molecule has 0 aliphatic rings. The van der Waals surface area contributed by atoms with Crippen LogP contribution in [0, 0.1) is 13.2 Å². The third-order valence-corrected chi connectivity index (χ3v) is 2.90. The van der Waals surface area contributed by atoms with Crippen molar-refractivity contribution in [2.45, 2.75) is 13.8 Å². The van der Waals surface area contributed by atoms with Crippen molar-refractivity contribution in [3.05, 3.63) is 91.6 Å². The Labute approximate surface area is 168 Å². The van der Waals surface area contributed by atoms with E-state index < -0.39 is 0 Å². The van der Waals surface area contributed by atoms with Crippen LogP contribution in [0.4, 0.5) is 0 Å². The molecule has 0 N–H and O–H groups in total. The minimum absolute atomic E-state index is 0. The molecular formula is C21H22O4Os. The third kappa shape index (κ3) is 9.43. The Balaban J connectivity index is 0.000000673. The number of carbonyl (C=O) groups excluding carboxylic acids is 1. The maximum atomic E-state index is 11.8. The van der Waals surface area contributed by atoms with Crippen molar-refractivity contribution in [3.63, 3.8) is 0 Å². The van der Waals surface area contributed by atoms with E-state index in [1.54, 1.807) is 36.4 Å². The topological polar surface area (TPSA) is 44.8 Å². The summed E-state index contributed by atoms with van der Waals surface area (Å²) in [7, 11) is 2.99. The monoisotopic (exact) mass is 530 g/mol. The van der Waals surface area contributed by atoms with E-state index in [1.165, 1.54) is 0 Å². The number of hydrogen-bond donors (Lipinski definition) is 0. The van der Waals surface area contributed by atoms with E-state index in [4.69, 9.17) is 4.74 Å². The van der Waals surface area contributed by atoms with Crippen molar-refractivity contribution in [1.29, 1.82) is 0 Å². The van der Waals surface area contributed by atoms with Gasteiger partial charge in [-0.05, 0) is 37.1 Å². The summed E-state index contributed by atoms with van der Waals surface area (Å²) in [5.41, 5.74) is 3.44. The quantitative estimate of drug-likeness (QED) is 0.132. The first-order chi connectivity index (χ1) is 11.9. The van der Waals surface area contributed by atoms with Gasteiger partial charge in [-0.1, -0.05) is 36.4 Å². The van der Waals surface area contributed by atoms with Crippen LogP contribution in [0.1, 0.15) is 29.8 Å². The van der Waals surface area contributed by atoms with Gasteiger partial charge in [0.2, 0.25) is 0 Å². The number of allylic oxidation sites excluding steroid dienone is 1. The summed E-state index contributed by atoms with van der Waals surface area (Å²) in [4.78, 5) is 20.2. The zero-order valence-corrected chi connectivity index (χ0v) is 17.5. The van der Waals surface area contributed by atoms with E-state index in [0.29, 0.717) is 17.9 Å². The molecule has 0 aliphatic carbocycles. The summed E-state index contributed by atoms with van der Waals surface area (Å²) in [5.74, 6) is 0.157. The maximum Gasteiger partial charge on any atom is 2.00 e. The van der Waals surface area contributed by atoms with Gasteiger partial charge in [-0.2, -0.15) is 37.4 Å². The Morgan fingerprint density at radius 3 is 2.04 bits per heavy atom. The molecule has 5 heteroatoms. The van der Waals surface area contributed by atoms with Gasteiger partial charge in [-0.15, -0.1) is 0 Å². The van der Waals surface area contributed by atoms with E-state index in [2.05, 4.69) is 36.1 Å². The summed E-state index contributed by atoms with van der Waals surface area (Å²) in [6.07, 6.45) is 0. The van der Waals surface area contributed by atoms with Gasteiger partial charge >= 0.3 is 25.8 Å². The molecule has 0 heterocycles. The maximum absolute atomic E-state index is 11.8. The number of rotatable bonds is 6. The predicted octanol–water partition coefficient (Wildman–Crippen LogP) is 5.04. The second-order valence-electron chi connectivity index (χ2n) is 5.32. The Hall–Kier alpha value is -2.05. The minimum Gasteiger partial charge on any atom is -0.424 e. The van der Waals surface area contributed by atoms with Crippen LogP contribution < -0.4 is 4.74 Å². The van der Waals surface area contributed by atoms with Crippen molar-refractivity contribution >= 4 is 11.5 Å². The molecule has 0 radical (unpaired) electrons. The first-order valence-electron chi connectivity index (χ1n) is 7.56. The first-order valence-corrected chi connectivity index (χ1v) is 7.56. The van der Waals surface area contributed by atoms with Gasteiger partial charge in [0.15, 0.2) is 0 Å². The van der Waals surface area contributed by atoms with Gasteiger partial charge < -0.3 is 9.62 Å². The van der Waals surface area contributed by atoms with Gasteiger partial charge in [0.25, 0.3) is 0 Å². The average Bonchev–Trinajstić information content (AvgIpc) is 2.61. The summed E-state index contributed by atoms with van der Waals surface area (Å²) in [5, 5.41) is 0. The van der Waals surface area contributed by atoms with Crippen LogP contribution in [0.5, 0.6) is 5.75 Å². The van der Waals surface area contributed by atoms with Crippen LogP contribution >= 0.6 is 0 Å². The summed E-state index contributed by atoms with van der Waals surface area (Å²) in [6, 6.07) is 16.8. The molecule has 0 spiro atoms. The van der Waals surface area contributed by atoms with Crippen LogP contribution in [0.25, 0.3) is 5.57 Å². The van der Waals surface area contributed by atoms with Crippen molar-refractivity contribution < 1.29 is 39.1 Å². The molecular weight excluding hydrogens is 506 g/mol. The number of ether oxygens (including phenoxy) is 1. The number of carbonyl (C=O) groups is 1. The molecule has 2 rings (SSSR count). The molecule has 0 saturated heterocycles. The molecule has 0 aliphatic heterocycles.